The molecule has 0 aliphatic rings. The number of rotatable bonds is 5. The van der Waals surface area contributed by atoms with Crippen molar-refractivity contribution in [3.05, 3.63) is 218 Å². The Morgan fingerprint density at radius 3 is 1.73 bits per heavy atom. The molecule has 0 saturated carbocycles. The molecular weight excluding hydrogens is 753 g/mol. The highest BCUT2D eigenvalue weighted by Gasteiger charge is 2.20. The highest BCUT2D eigenvalue weighted by atomic mass is 15.0. The van der Waals surface area contributed by atoms with Gasteiger partial charge in [0, 0.05) is 54.8 Å². The highest BCUT2D eigenvalue weighted by molar-refractivity contribution is 6.17. The van der Waals surface area contributed by atoms with E-state index in [1.165, 1.54) is 60.0 Å². The van der Waals surface area contributed by atoms with E-state index in [0.29, 0.717) is 0 Å². The van der Waals surface area contributed by atoms with Gasteiger partial charge in [0.05, 0.1) is 33.3 Å². The van der Waals surface area contributed by atoms with Crippen LogP contribution in [0.1, 0.15) is 0 Å². The Labute approximate surface area is 357 Å². The molecule has 0 saturated heterocycles. The smallest absolute Gasteiger partial charge is 0.160 e. The summed E-state index contributed by atoms with van der Waals surface area (Å²) in [5.74, 6) is 0.718. The lowest BCUT2D eigenvalue weighted by molar-refractivity contribution is 1.18. The molecule has 0 spiro atoms. The van der Waals surface area contributed by atoms with Gasteiger partial charge in [0.25, 0.3) is 0 Å². The Kier molecular flexibility index (Phi) is 7.57. The van der Waals surface area contributed by atoms with Crippen LogP contribution in [0, 0.1) is 0 Å². The molecule has 0 bridgehead atoms. The van der Waals surface area contributed by atoms with Crippen LogP contribution in [0.25, 0.3) is 121 Å². The minimum absolute atomic E-state index is 0.718. The summed E-state index contributed by atoms with van der Waals surface area (Å²) in [6.45, 7) is 0. The van der Waals surface area contributed by atoms with Crippen LogP contribution in [-0.4, -0.2) is 19.1 Å². The van der Waals surface area contributed by atoms with E-state index in [1.54, 1.807) is 0 Å². The largest absolute Gasteiger partial charge is 0.309 e. The van der Waals surface area contributed by atoms with Crippen LogP contribution in [0.15, 0.2) is 218 Å². The Morgan fingerprint density at radius 2 is 0.887 bits per heavy atom. The average molecular weight is 789 g/mol. The van der Waals surface area contributed by atoms with Crippen molar-refractivity contribution >= 4 is 76.1 Å². The molecule has 0 unspecified atom stereocenters. The molecule has 0 aliphatic heterocycles. The highest BCUT2D eigenvalue weighted by Crippen LogP contribution is 2.42. The number of aromatic nitrogens is 4. The second-order valence-electron chi connectivity index (χ2n) is 16.2. The molecule has 0 amide bonds. The number of hydrogen-bond donors (Lipinski definition) is 0. The molecule has 13 aromatic rings. The van der Waals surface area contributed by atoms with E-state index in [4.69, 9.17) is 9.97 Å². The summed E-state index contributed by atoms with van der Waals surface area (Å²) < 4.78 is 4.80. The fraction of sp³-hybridized carbons (Fsp3) is 0. The number of para-hydroxylation sites is 3. The topological polar surface area (TPSA) is 35.6 Å². The third-order valence-corrected chi connectivity index (χ3v) is 12.7. The maximum atomic E-state index is 5.33. The summed E-state index contributed by atoms with van der Waals surface area (Å²) in [7, 11) is 0. The molecule has 288 valence electrons. The van der Waals surface area contributed by atoms with Crippen molar-refractivity contribution in [3.63, 3.8) is 0 Å². The van der Waals surface area contributed by atoms with E-state index in [-0.39, 0.29) is 0 Å². The van der Waals surface area contributed by atoms with Crippen LogP contribution < -0.4 is 0 Å². The quantitative estimate of drug-likeness (QED) is 0.163. The van der Waals surface area contributed by atoms with Gasteiger partial charge in [-0.25, -0.2) is 9.97 Å². The van der Waals surface area contributed by atoms with Gasteiger partial charge in [0.2, 0.25) is 0 Å². The van der Waals surface area contributed by atoms with E-state index < -0.39 is 0 Å². The van der Waals surface area contributed by atoms with Crippen molar-refractivity contribution in [2.45, 2.75) is 0 Å². The van der Waals surface area contributed by atoms with Gasteiger partial charge in [0.15, 0.2) is 5.82 Å². The molecule has 62 heavy (non-hydrogen) atoms. The van der Waals surface area contributed by atoms with Crippen LogP contribution in [0.3, 0.4) is 0 Å². The summed E-state index contributed by atoms with van der Waals surface area (Å²) in [5, 5.41) is 10.6. The van der Waals surface area contributed by atoms with Crippen molar-refractivity contribution in [3.8, 4) is 45.1 Å². The first-order valence-electron chi connectivity index (χ1n) is 21.2. The second kappa shape index (κ2) is 13.6. The summed E-state index contributed by atoms with van der Waals surface area (Å²) in [5.41, 5.74) is 13.3. The van der Waals surface area contributed by atoms with Crippen molar-refractivity contribution in [2.24, 2.45) is 0 Å². The Hall–Kier alpha value is -8.34. The first-order valence-corrected chi connectivity index (χ1v) is 21.2. The Balaban J connectivity index is 0.976. The molecule has 0 fully saturated rings. The number of nitrogens with zero attached hydrogens (tertiary/aromatic N) is 4. The molecule has 0 radical (unpaired) electrons. The maximum absolute atomic E-state index is 5.33. The molecule has 4 nitrogen and oxygen atoms in total. The monoisotopic (exact) mass is 788 g/mol. The molecule has 3 aromatic heterocycles. The van der Waals surface area contributed by atoms with E-state index in [2.05, 4.69) is 228 Å². The molecular formula is C58H36N4. The maximum Gasteiger partial charge on any atom is 0.160 e. The van der Waals surface area contributed by atoms with E-state index in [9.17, 15) is 0 Å². The third-order valence-electron chi connectivity index (χ3n) is 12.7. The molecule has 10 aromatic carbocycles. The normalized spacial score (nSPS) is 11.9. The van der Waals surface area contributed by atoms with Crippen molar-refractivity contribution in [1.82, 2.24) is 19.1 Å². The summed E-state index contributed by atoms with van der Waals surface area (Å²) in [6.07, 6.45) is 0. The predicted octanol–water partition coefficient (Wildman–Crippen LogP) is 15.1. The molecule has 4 heteroatoms. The minimum atomic E-state index is 0.718. The van der Waals surface area contributed by atoms with Crippen molar-refractivity contribution in [2.75, 3.05) is 0 Å². The zero-order valence-corrected chi connectivity index (χ0v) is 33.6. The van der Waals surface area contributed by atoms with Crippen LogP contribution in [-0.2, 0) is 0 Å². The fourth-order valence-electron chi connectivity index (χ4n) is 9.84. The number of hydrogen-bond acceptors (Lipinski definition) is 2. The van der Waals surface area contributed by atoms with Gasteiger partial charge in [-0.2, -0.15) is 0 Å². The second-order valence-corrected chi connectivity index (χ2v) is 16.2. The molecule has 0 aliphatic carbocycles. The van der Waals surface area contributed by atoms with Crippen LogP contribution in [0.5, 0.6) is 0 Å². The van der Waals surface area contributed by atoms with E-state index in [0.717, 1.165) is 61.2 Å². The summed E-state index contributed by atoms with van der Waals surface area (Å²) in [4.78, 5) is 10.6. The van der Waals surface area contributed by atoms with Gasteiger partial charge in [-0.1, -0.05) is 158 Å². The number of fused-ring (bicyclic) bond motifs is 10. The average Bonchev–Trinajstić information content (AvgIpc) is 3.86. The van der Waals surface area contributed by atoms with Gasteiger partial charge in [-0.05, 0) is 87.9 Å². The summed E-state index contributed by atoms with van der Waals surface area (Å²) in [6, 6.07) is 78.6. The van der Waals surface area contributed by atoms with Gasteiger partial charge in [0.1, 0.15) is 0 Å². The standard InChI is InChI=1S/C58H36N4/c1-2-16-43(17-3-1)62-51-22-10-8-19-47(51)48-33-30-41(36-54(48)62)45-21-12-24-53-55(45)49-20-9-11-23-52(49)61(53)44-31-27-39(28-32-44)56-50-34-29-38-14-6-7-18-46(38)57(50)60-58(59-56)42-26-25-37-13-4-5-15-40(37)35-42/h1-36H. The van der Waals surface area contributed by atoms with Crippen LogP contribution in [0.4, 0.5) is 0 Å². The number of benzene rings is 10. The first kappa shape index (κ1) is 34.5. The molecule has 0 atom stereocenters. The van der Waals surface area contributed by atoms with Crippen LogP contribution >= 0.6 is 0 Å². The molecule has 13 rings (SSSR count). The van der Waals surface area contributed by atoms with Crippen LogP contribution in [0.2, 0.25) is 0 Å². The van der Waals surface area contributed by atoms with Gasteiger partial charge >= 0.3 is 0 Å². The van der Waals surface area contributed by atoms with Gasteiger partial charge in [-0.15, -0.1) is 0 Å². The third kappa shape index (κ3) is 5.27. The zero-order valence-electron chi connectivity index (χ0n) is 33.6. The van der Waals surface area contributed by atoms with E-state index >= 15 is 0 Å². The fourth-order valence-corrected chi connectivity index (χ4v) is 9.84. The minimum Gasteiger partial charge on any atom is -0.309 e. The van der Waals surface area contributed by atoms with Crippen molar-refractivity contribution in [1.29, 1.82) is 0 Å². The van der Waals surface area contributed by atoms with Crippen molar-refractivity contribution < 1.29 is 0 Å². The Bertz CT molecular complexity index is 3910. The molecule has 3 heterocycles. The predicted molar refractivity (Wildman–Crippen MR) is 260 cm³/mol. The SMILES string of the molecule is c1ccc(-n2c3ccccc3c3ccc(-c4cccc5c4c4ccccc4n5-c4ccc(-c5nc(-c6ccc7ccccc7c6)nc6c5ccc5ccccc56)cc4)cc32)cc1. The summed E-state index contributed by atoms with van der Waals surface area (Å²) >= 11 is 0. The zero-order chi connectivity index (χ0) is 40.7. The van der Waals surface area contributed by atoms with Gasteiger partial charge < -0.3 is 9.13 Å². The first-order chi connectivity index (χ1) is 30.7. The Morgan fingerprint density at radius 1 is 0.306 bits per heavy atom. The van der Waals surface area contributed by atoms with E-state index in [1.807, 2.05) is 0 Å². The lowest BCUT2D eigenvalue weighted by Gasteiger charge is -2.13. The lowest BCUT2D eigenvalue weighted by Crippen LogP contribution is -1.97. The lowest BCUT2D eigenvalue weighted by atomic mass is 9.98. The molecule has 0 N–H and O–H groups in total. The van der Waals surface area contributed by atoms with Gasteiger partial charge in [-0.3, -0.25) is 0 Å².